The van der Waals surface area contributed by atoms with E-state index >= 15 is 0 Å². The number of terminal acetylenes is 3. The SMILES string of the molecule is C#C.C#CC.C#CCN(C(=O)OC(C)(C)C)c1sc(-c2cccnc2)nc1Cl.CC(C)(C)OC(=O)Nc1sc(-c2cccnc2)nc1Cl. The van der Waals surface area contributed by atoms with E-state index in [0.29, 0.717) is 20.0 Å². The Hall–Kier alpha value is -4.64. The molecule has 0 aromatic carbocycles. The number of hydrogen-bond donors (Lipinski definition) is 1. The fraction of sp³-hybridized carbons (Fsp3) is 0.294. The number of carbonyl (C=O) groups excluding carboxylic acids is 2. The van der Waals surface area contributed by atoms with Gasteiger partial charge in [-0.25, -0.2) is 19.6 Å². The van der Waals surface area contributed by atoms with Gasteiger partial charge < -0.3 is 9.47 Å². The van der Waals surface area contributed by atoms with Crippen molar-refractivity contribution in [3.8, 4) is 58.7 Å². The molecule has 0 fully saturated rings. The van der Waals surface area contributed by atoms with Crippen molar-refractivity contribution in [2.45, 2.75) is 59.7 Å². The zero-order valence-corrected chi connectivity index (χ0v) is 30.7. The van der Waals surface area contributed by atoms with Crippen molar-refractivity contribution in [3.05, 3.63) is 59.4 Å². The zero-order valence-electron chi connectivity index (χ0n) is 27.6. The standard InChI is InChI=1S/C16H16ClN3O2S.C13H14ClN3O2S.C3H4.C2H2/c1-5-9-20(15(21)22-16(2,3)4)14-12(17)19-13(23-14)11-7-6-8-18-10-11;1-13(2,3)19-12(18)17-11-9(14)16-10(20-11)8-5-4-6-15-7-8;1-3-2;1-2/h1,6-8,10H,9H2,2-4H3;4-7H,1-3H3,(H,17,18);1H,2H3;1-2H. The molecule has 2 amide bonds. The van der Waals surface area contributed by atoms with Gasteiger partial charge >= 0.3 is 12.2 Å². The summed E-state index contributed by atoms with van der Waals surface area (Å²) in [6.07, 6.45) is 23.6. The molecule has 0 bridgehead atoms. The predicted octanol–water partition coefficient (Wildman–Crippen LogP) is 9.33. The third-order valence-electron chi connectivity index (χ3n) is 4.70. The first-order valence-corrected chi connectivity index (χ1v) is 16.3. The Labute approximate surface area is 300 Å². The van der Waals surface area contributed by atoms with Crippen LogP contribution in [0.3, 0.4) is 0 Å². The van der Waals surface area contributed by atoms with Gasteiger partial charge in [-0.1, -0.05) is 51.8 Å². The molecule has 4 rings (SSSR count). The van der Waals surface area contributed by atoms with Gasteiger partial charge in [0.05, 0.1) is 6.54 Å². The number of hydrogen-bond acceptors (Lipinski definition) is 10. The van der Waals surface area contributed by atoms with E-state index in [2.05, 4.69) is 56.4 Å². The molecule has 0 radical (unpaired) electrons. The molecule has 4 aromatic heterocycles. The Kier molecular flexibility index (Phi) is 17.1. The first kappa shape index (κ1) is 41.4. The van der Waals surface area contributed by atoms with Crippen molar-refractivity contribution >= 4 is 68.1 Å². The summed E-state index contributed by atoms with van der Waals surface area (Å²) in [5.41, 5.74) is 0.466. The summed E-state index contributed by atoms with van der Waals surface area (Å²) in [4.78, 5) is 41.9. The van der Waals surface area contributed by atoms with Crippen LogP contribution in [0.25, 0.3) is 21.1 Å². The number of anilines is 2. The maximum absolute atomic E-state index is 12.4. The van der Waals surface area contributed by atoms with Crippen LogP contribution in [0.15, 0.2) is 49.1 Å². The molecule has 4 heterocycles. The van der Waals surface area contributed by atoms with Crippen molar-refractivity contribution in [1.82, 2.24) is 19.9 Å². The second-order valence-corrected chi connectivity index (χ2v) is 13.6. The first-order valence-electron chi connectivity index (χ1n) is 13.9. The predicted molar refractivity (Wildman–Crippen MR) is 197 cm³/mol. The Morgan fingerprint density at radius 2 is 1.35 bits per heavy atom. The van der Waals surface area contributed by atoms with Crippen LogP contribution in [0.5, 0.6) is 0 Å². The van der Waals surface area contributed by atoms with E-state index in [1.54, 1.807) is 79.3 Å². The Morgan fingerprint density at radius 3 is 1.79 bits per heavy atom. The molecule has 252 valence electrons. The second-order valence-electron chi connectivity index (χ2n) is 10.9. The van der Waals surface area contributed by atoms with Crippen molar-refractivity contribution in [3.63, 3.8) is 0 Å². The molecule has 14 heteroatoms. The van der Waals surface area contributed by atoms with Gasteiger partial charge in [0.1, 0.15) is 31.2 Å². The van der Waals surface area contributed by atoms with Crippen LogP contribution in [-0.2, 0) is 9.47 Å². The number of ether oxygens (including phenoxy) is 2. The van der Waals surface area contributed by atoms with Crippen LogP contribution < -0.4 is 10.2 Å². The molecule has 0 aliphatic carbocycles. The molecule has 10 nitrogen and oxygen atoms in total. The number of pyridine rings is 2. The van der Waals surface area contributed by atoms with Gasteiger partial charge in [0, 0.05) is 35.9 Å². The summed E-state index contributed by atoms with van der Waals surface area (Å²) in [5, 5.41) is 5.30. The monoisotopic (exact) mass is 726 g/mol. The Bertz CT molecular complexity index is 1720. The molecule has 0 aliphatic heterocycles. The maximum Gasteiger partial charge on any atom is 0.416 e. The number of halogens is 2. The lowest BCUT2D eigenvalue weighted by molar-refractivity contribution is 0.0583. The van der Waals surface area contributed by atoms with Crippen LogP contribution in [0.4, 0.5) is 19.6 Å². The molecule has 0 saturated heterocycles. The molecule has 0 saturated carbocycles. The molecular weight excluding hydrogens is 691 g/mol. The third kappa shape index (κ3) is 14.4. The number of carbonyl (C=O) groups is 2. The minimum atomic E-state index is -0.632. The summed E-state index contributed by atoms with van der Waals surface area (Å²) in [6, 6.07) is 7.35. The van der Waals surface area contributed by atoms with E-state index in [-0.39, 0.29) is 16.9 Å². The molecule has 0 atom stereocenters. The van der Waals surface area contributed by atoms with Crippen LogP contribution in [-0.4, -0.2) is 49.9 Å². The van der Waals surface area contributed by atoms with E-state index < -0.39 is 23.4 Å². The lowest BCUT2D eigenvalue weighted by Crippen LogP contribution is -2.36. The van der Waals surface area contributed by atoms with Gasteiger partial charge in [-0.05, 0) is 72.7 Å². The summed E-state index contributed by atoms with van der Waals surface area (Å²) >= 11 is 14.8. The zero-order chi connectivity index (χ0) is 36.5. The molecule has 1 N–H and O–H groups in total. The topological polar surface area (TPSA) is 119 Å². The van der Waals surface area contributed by atoms with E-state index in [1.165, 1.54) is 27.6 Å². The molecule has 0 unspecified atom stereocenters. The van der Waals surface area contributed by atoms with Gasteiger partial charge in [0.25, 0.3) is 0 Å². The second kappa shape index (κ2) is 19.9. The van der Waals surface area contributed by atoms with Gasteiger partial charge in [0.2, 0.25) is 0 Å². The Balaban J connectivity index is 0.000000426. The normalized spacial score (nSPS) is 10.1. The van der Waals surface area contributed by atoms with E-state index in [1.807, 2.05) is 18.2 Å². The Morgan fingerprint density at radius 1 is 0.875 bits per heavy atom. The summed E-state index contributed by atoms with van der Waals surface area (Å²) < 4.78 is 10.5. The van der Waals surface area contributed by atoms with E-state index in [4.69, 9.17) is 39.1 Å². The van der Waals surface area contributed by atoms with Crippen molar-refractivity contribution < 1.29 is 19.1 Å². The first-order chi connectivity index (χ1) is 22.6. The van der Waals surface area contributed by atoms with E-state index in [9.17, 15) is 9.59 Å². The third-order valence-corrected chi connectivity index (χ3v) is 7.60. The summed E-state index contributed by atoms with van der Waals surface area (Å²) in [7, 11) is 0. The largest absolute Gasteiger partial charge is 0.444 e. The van der Waals surface area contributed by atoms with Gasteiger partial charge in [-0.3, -0.25) is 20.2 Å². The molecular formula is C34H36Cl2N6O4S2. The molecule has 4 aromatic rings. The van der Waals surface area contributed by atoms with Crippen LogP contribution >= 0.6 is 45.9 Å². The smallest absolute Gasteiger partial charge is 0.416 e. The van der Waals surface area contributed by atoms with Crippen LogP contribution in [0, 0.1) is 37.5 Å². The number of rotatable bonds is 5. The lowest BCUT2D eigenvalue weighted by atomic mass is 10.2. The fourth-order valence-electron chi connectivity index (χ4n) is 3.09. The number of thiazole rings is 2. The molecule has 0 aliphatic rings. The van der Waals surface area contributed by atoms with Crippen LogP contribution in [0.2, 0.25) is 10.3 Å². The highest BCUT2D eigenvalue weighted by Gasteiger charge is 2.27. The highest BCUT2D eigenvalue weighted by molar-refractivity contribution is 7.20. The number of aromatic nitrogens is 4. The lowest BCUT2D eigenvalue weighted by Gasteiger charge is -2.25. The highest BCUT2D eigenvalue weighted by Crippen LogP contribution is 2.38. The molecule has 48 heavy (non-hydrogen) atoms. The fourth-order valence-corrected chi connectivity index (χ4v) is 5.51. The maximum atomic E-state index is 12.4. The average Bonchev–Trinajstić information content (AvgIpc) is 3.58. The number of amides is 2. The summed E-state index contributed by atoms with van der Waals surface area (Å²) in [6.45, 7) is 12.4. The molecule has 0 spiro atoms. The van der Waals surface area contributed by atoms with Gasteiger partial charge in [0.15, 0.2) is 10.3 Å². The van der Waals surface area contributed by atoms with Crippen molar-refractivity contribution in [2.75, 3.05) is 16.8 Å². The number of nitrogens with one attached hydrogen (secondary N) is 1. The van der Waals surface area contributed by atoms with E-state index in [0.717, 1.165) is 11.1 Å². The number of nitrogens with zero attached hydrogens (tertiary/aromatic N) is 5. The van der Waals surface area contributed by atoms with Crippen LogP contribution in [0.1, 0.15) is 48.5 Å². The van der Waals surface area contributed by atoms with Gasteiger partial charge in [-0.2, -0.15) is 0 Å². The van der Waals surface area contributed by atoms with Gasteiger partial charge in [-0.15, -0.1) is 31.6 Å². The minimum absolute atomic E-state index is 0.0449. The average molecular weight is 728 g/mol. The minimum Gasteiger partial charge on any atom is -0.444 e. The van der Waals surface area contributed by atoms with Crippen molar-refractivity contribution in [2.24, 2.45) is 0 Å². The highest BCUT2D eigenvalue weighted by atomic mass is 35.5. The summed E-state index contributed by atoms with van der Waals surface area (Å²) in [5.74, 6) is 4.69. The quantitative estimate of drug-likeness (QED) is 0.202. The van der Waals surface area contributed by atoms with Crippen molar-refractivity contribution in [1.29, 1.82) is 0 Å².